The maximum Gasteiger partial charge on any atom is 0.0662 e. The molecule has 21 heavy (non-hydrogen) atoms. The molecule has 0 saturated heterocycles. The highest BCUT2D eigenvalue weighted by Crippen LogP contribution is 2.10. The van der Waals surface area contributed by atoms with Crippen LogP contribution in [-0.4, -0.2) is 9.78 Å². The van der Waals surface area contributed by atoms with Crippen LogP contribution in [0.2, 0.25) is 0 Å². The monoisotopic (exact) mass is 276 g/mol. The molecule has 0 saturated carbocycles. The van der Waals surface area contributed by atoms with Gasteiger partial charge < -0.3 is 0 Å². The lowest BCUT2D eigenvalue weighted by molar-refractivity contribution is 0.651. The van der Waals surface area contributed by atoms with E-state index in [1.807, 2.05) is 6.07 Å². The summed E-state index contributed by atoms with van der Waals surface area (Å²) < 4.78 is 2.09. The average Bonchev–Trinajstić information content (AvgIpc) is 2.87. The minimum absolute atomic E-state index is 0.845. The van der Waals surface area contributed by atoms with Crippen molar-refractivity contribution in [1.82, 2.24) is 9.78 Å². The van der Waals surface area contributed by atoms with Gasteiger partial charge in [0.05, 0.1) is 12.2 Å². The van der Waals surface area contributed by atoms with Crippen LogP contribution in [-0.2, 0) is 19.4 Å². The molecule has 3 aromatic rings. The van der Waals surface area contributed by atoms with Gasteiger partial charge in [-0.2, -0.15) is 5.10 Å². The Morgan fingerprint density at radius 1 is 0.810 bits per heavy atom. The Labute approximate surface area is 126 Å². The smallest absolute Gasteiger partial charge is 0.0662 e. The summed E-state index contributed by atoms with van der Waals surface area (Å²) in [5, 5.41) is 4.74. The van der Waals surface area contributed by atoms with E-state index in [2.05, 4.69) is 72.3 Å². The quantitative estimate of drug-likeness (QED) is 0.688. The molecule has 0 N–H and O–H groups in total. The third-order valence-electron chi connectivity index (χ3n) is 3.72. The van der Waals surface area contributed by atoms with Gasteiger partial charge in [0.15, 0.2) is 0 Å². The molecule has 2 nitrogen and oxygen atoms in total. The van der Waals surface area contributed by atoms with E-state index in [1.165, 1.54) is 22.5 Å². The van der Waals surface area contributed by atoms with Gasteiger partial charge in [-0.1, -0.05) is 60.7 Å². The van der Waals surface area contributed by atoms with Crippen LogP contribution in [0.5, 0.6) is 0 Å². The first kappa shape index (κ1) is 13.6. The molecule has 0 aliphatic heterocycles. The van der Waals surface area contributed by atoms with Gasteiger partial charge in [-0.3, -0.25) is 4.68 Å². The van der Waals surface area contributed by atoms with Crippen LogP contribution in [0, 0.1) is 6.92 Å². The Bertz CT molecular complexity index is 684. The SMILES string of the molecule is Cc1cc(CCc2ccccc2)nn1Cc1ccccc1. The van der Waals surface area contributed by atoms with E-state index in [-0.39, 0.29) is 0 Å². The summed E-state index contributed by atoms with van der Waals surface area (Å²) in [4.78, 5) is 0. The predicted molar refractivity (Wildman–Crippen MR) is 86.4 cm³/mol. The topological polar surface area (TPSA) is 17.8 Å². The molecule has 0 radical (unpaired) electrons. The molecule has 1 aromatic heterocycles. The van der Waals surface area contributed by atoms with E-state index in [0.717, 1.165) is 19.4 Å². The van der Waals surface area contributed by atoms with Gasteiger partial charge in [-0.15, -0.1) is 0 Å². The second-order valence-electron chi connectivity index (χ2n) is 5.41. The summed E-state index contributed by atoms with van der Waals surface area (Å²) in [6.07, 6.45) is 2.04. The molecule has 0 fully saturated rings. The lowest BCUT2D eigenvalue weighted by Crippen LogP contribution is -2.04. The molecule has 0 spiro atoms. The summed E-state index contributed by atoms with van der Waals surface area (Å²) >= 11 is 0. The highest BCUT2D eigenvalue weighted by Gasteiger charge is 2.05. The van der Waals surface area contributed by atoms with Crippen molar-refractivity contribution < 1.29 is 0 Å². The Morgan fingerprint density at radius 2 is 1.43 bits per heavy atom. The van der Waals surface area contributed by atoms with E-state index in [1.54, 1.807) is 0 Å². The number of rotatable bonds is 5. The molecule has 2 heteroatoms. The summed E-state index contributed by atoms with van der Waals surface area (Å²) in [5.41, 5.74) is 5.06. The van der Waals surface area contributed by atoms with Crippen LogP contribution >= 0.6 is 0 Å². The lowest BCUT2D eigenvalue weighted by atomic mass is 10.1. The minimum Gasteiger partial charge on any atom is -0.265 e. The summed E-state index contributed by atoms with van der Waals surface area (Å²) in [5.74, 6) is 0. The number of hydrogen-bond donors (Lipinski definition) is 0. The van der Waals surface area contributed by atoms with Gasteiger partial charge in [-0.05, 0) is 37.0 Å². The fourth-order valence-corrected chi connectivity index (χ4v) is 2.53. The van der Waals surface area contributed by atoms with E-state index < -0.39 is 0 Å². The van der Waals surface area contributed by atoms with Crippen LogP contribution < -0.4 is 0 Å². The Hall–Kier alpha value is -2.35. The highest BCUT2D eigenvalue weighted by molar-refractivity contribution is 5.19. The normalized spacial score (nSPS) is 10.7. The molecule has 2 aromatic carbocycles. The van der Waals surface area contributed by atoms with E-state index in [4.69, 9.17) is 5.10 Å². The molecule has 0 bridgehead atoms. The van der Waals surface area contributed by atoms with E-state index >= 15 is 0 Å². The number of hydrogen-bond acceptors (Lipinski definition) is 1. The molecular weight excluding hydrogens is 256 g/mol. The number of nitrogens with zero attached hydrogens (tertiary/aromatic N) is 2. The highest BCUT2D eigenvalue weighted by atomic mass is 15.3. The third-order valence-corrected chi connectivity index (χ3v) is 3.72. The van der Waals surface area contributed by atoms with Crippen molar-refractivity contribution in [3.8, 4) is 0 Å². The largest absolute Gasteiger partial charge is 0.265 e. The second kappa shape index (κ2) is 6.40. The van der Waals surface area contributed by atoms with E-state index in [9.17, 15) is 0 Å². The molecule has 0 aliphatic rings. The zero-order valence-electron chi connectivity index (χ0n) is 12.4. The van der Waals surface area contributed by atoms with Gasteiger partial charge in [-0.25, -0.2) is 0 Å². The van der Waals surface area contributed by atoms with Crippen molar-refractivity contribution >= 4 is 0 Å². The standard InChI is InChI=1S/C19H20N2/c1-16-14-19(13-12-17-8-4-2-5-9-17)20-21(16)15-18-10-6-3-7-11-18/h2-11,14H,12-13,15H2,1H3. The van der Waals surface area contributed by atoms with Gasteiger partial charge in [0, 0.05) is 5.69 Å². The van der Waals surface area contributed by atoms with Crippen molar-refractivity contribution in [1.29, 1.82) is 0 Å². The molecular formula is C19H20N2. The fourth-order valence-electron chi connectivity index (χ4n) is 2.53. The van der Waals surface area contributed by atoms with Gasteiger partial charge >= 0.3 is 0 Å². The van der Waals surface area contributed by atoms with Gasteiger partial charge in [0.2, 0.25) is 0 Å². The van der Waals surface area contributed by atoms with Crippen LogP contribution in [0.3, 0.4) is 0 Å². The van der Waals surface area contributed by atoms with Crippen LogP contribution in [0.4, 0.5) is 0 Å². The summed E-state index contributed by atoms with van der Waals surface area (Å²) in [7, 11) is 0. The second-order valence-corrected chi connectivity index (χ2v) is 5.41. The summed E-state index contributed by atoms with van der Waals surface area (Å²) in [6.45, 7) is 2.97. The molecule has 0 aliphatic carbocycles. The van der Waals surface area contributed by atoms with Crippen molar-refractivity contribution in [2.75, 3.05) is 0 Å². The zero-order chi connectivity index (χ0) is 14.5. The number of aromatic nitrogens is 2. The van der Waals surface area contributed by atoms with Crippen LogP contribution in [0.15, 0.2) is 66.7 Å². The minimum atomic E-state index is 0.845. The Kier molecular flexibility index (Phi) is 4.15. The Morgan fingerprint density at radius 3 is 2.10 bits per heavy atom. The van der Waals surface area contributed by atoms with Gasteiger partial charge in [0.25, 0.3) is 0 Å². The molecule has 0 unspecified atom stereocenters. The predicted octanol–water partition coefficient (Wildman–Crippen LogP) is 4.03. The lowest BCUT2D eigenvalue weighted by Gasteiger charge is -2.04. The molecule has 3 rings (SSSR count). The van der Waals surface area contributed by atoms with Gasteiger partial charge in [0.1, 0.15) is 0 Å². The first-order valence-electron chi connectivity index (χ1n) is 7.42. The zero-order valence-corrected chi connectivity index (χ0v) is 12.4. The molecule has 0 amide bonds. The maximum absolute atomic E-state index is 4.74. The molecule has 1 heterocycles. The summed E-state index contributed by atoms with van der Waals surface area (Å²) in [6, 6.07) is 23.3. The number of aryl methyl sites for hydroxylation is 3. The van der Waals surface area contributed by atoms with Crippen molar-refractivity contribution in [2.24, 2.45) is 0 Å². The first-order chi connectivity index (χ1) is 10.3. The van der Waals surface area contributed by atoms with Crippen molar-refractivity contribution in [3.63, 3.8) is 0 Å². The van der Waals surface area contributed by atoms with Crippen LogP contribution in [0.1, 0.15) is 22.5 Å². The van der Waals surface area contributed by atoms with Crippen molar-refractivity contribution in [3.05, 3.63) is 89.2 Å². The maximum atomic E-state index is 4.74. The average molecular weight is 276 g/mol. The fraction of sp³-hybridized carbons (Fsp3) is 0.211. The van der Waals surface area contributed by atoms with Crippen molar-refractivity contribution in [2.45, 2.75) is 26.3 Å². The van der Waals surface area contributed by atoms with E-state index in [0.29, 0.717) is 0 Å². The Balaban J connectivity index is 1.67. The molecule has 106 valence electrons. The molecule has 0 atom stereocenters. The third kappa shape index (κ3) is 3.60. The van der Waals surface area contributed by atoms with Crippen LogP contribution in [0.25, 0.3) is 0 Å². The first-order valence-corrected chi connectivity index (χ1v) is 7.42. The number of benzene rings is 2.